The first kappa shape index (κ1) is 18.4. The summed E-state index contributed by atoms with van der Waals surface area (Å²) in [6, 6.07) is 3.67. The molecule has 1 atom stereocenters. The number of amides is 2. The maximum absolute atomic E-state index is 12.0. The number of carbonyl (C=O) groups is 2. The van der Waals surface area contributed by atoms with Gasteiger partial charge in [0.25, 0.3) is 0 Å². The van der Waals surface area contributed by atoms with Crippen molar-refractivity contribution in [2.75, 3.05) is 31.5 Å². The molecule has 6 nitrogen and oxygen atoms in total. The fourth-order valence-corrected chi connectivity index (χ4v) is 2.43. The van der Waals surface area contributed by atoms with Crippen LogP contribution in [0.25, 0.3) is 0 Å². The van der Waals surface area contributed by atoms with Gasteiger partial charge in [-0.25, -0.2) is 9.59 Å². The molecule has 0 heterocycles. The molecule has 2 amide bonds. The highest BCUT2D eigenvalue weighted by Crippen LogP contribution is 2.27. The van der Waals surface area contributed by atoms with Crippen LogP contribution in [0.3, 0.4) is 0 Å². The van der Waals surface area contributed by atoms with Gasteiger partial charge in [0.15, 0.2) is 0 Å². The lowest BCUT2D eigenvalue weighted by Crippen LogP contribution is -2.44. The molecule has 0 saturated heterocycles. The molecule has 0 bridgehead atoms. The van der Waals surface area contributed by atoms with Crippen molar-refractivity contribution in [1.82, 2.24) is 5.32 Å². The Balaban J connectivity index is 2.66. The topological polar surface area (TPSA) is 76.7 Å². The van der Waals surface area contributed by atoms with Gasteiger partial charge in [0.05, 0.1) is 19.2 Å². The lowest BCUT2D eigenvalue weighted by atomic mass is 10.2. The molecule has 0 aliphatic rings. The number of benzene rings is 1. The van der Waals surface area contributed by atoms with E-state index < -0.39 is 18.0 Å². The molecule has 2 N–H and O–H groups in total. The zero-order chi connectivity index (χ0) is 16.5. The Morgan fingerprint density at radius 2 is 2.09 bits per heavy atom. The van der Waals surface area contributed by atoms with E-state index in [4.69, 9.17) is 16.3 Å². The van der Waals surface area contributed by atoms with Crippen LogP contribution in [0.15, 0.2) is 18.2 Å². The fourth-order valence-electron chi connectivity index (χ4n) is 1.70. The van der Waals surface area contributed by atoms with Crippen molar-refractivity contribution in [3.05, 3.63) is 23.2 Å². The van der Waals surface area contributed by atoms with E-state index in [-0.39, 0.29) is 0 Å². The van der Waals surface area contributed by atoms with Crippen LogP contribution in [0.1, 0.15) is 6.42 Å². The molecule has 122 valence electrons. The first-order chi connectivity index (χ1) is 10.5. The van der Waals surface area contributed by atoms with E-state index in [1.807, 2.05) is 6.26 Å². The molecule has 22 heavy (non-hydrogen) atoms. The van der Waals surface area contributed by atoms with Crippen LogP contribution in [-0.2, 0) is 9.53 Å². The Bertz CT molecular complexity index is 528. The summed E-state index contributed by atoms with van der Waals surface area (Å²) < 4.78 is 9.72. The molecule has 1 rings (SSSR count). The van der Waals surface area contributed by atoms with Crippen LogP contribution in [-0.4, -0.2) is 44.3 Å². The van der Waals surface area contributed by atoms with Gasteiger partial charge in [0, 0.05) is 5.69 Å². The van der Waals surface area contributed by atoms with Crippen LogP contribution in [0.4, 0.5) is 10.5 Å². The number of thioether (sulfide) groups is 1. The molecule has 8 heteroatoms. The van der Waals surface area contributed by atoms with E-state index in [1.54, 1.807) is 30.0 Å². The van der Waals surface area contributed by atoms with Gasteiger partial charge < -0.3 is 20.1 Å². The second kappa shape index (κ2) is 9.42. The highest BCUT2D eigenvalue weighted by molar-refractivity contribution is 7.98. The fraction of sp³-hybridized carbons (Fsp3) is 0.429. The lowest BCUT2D eigenvalue weighted by Gasteiger charge is -2.16. The molecule has 0 aromatic heterocycles. The second-order valence-electron chi connectivity index (χ2n) is 4.31. The van der Waals surface area contributed by atoms with Gasteiger partial charge in [-0.3, -0.25) is 0 Å². The predicted octanol–water partition coefficient (Wildman–Crippen LogP) is 2.76. The van der Waals surface area contributed by atoms with Crippen molar-refractivity contribution in [3.8, 4) is 5.75 Å². The maximum atomic E-state index is 12.0. The molecule has 0 radical (unpaired) electrons. The molecule has 1 aromatic rings. The van der Waals surface area contributed by atoms with E-state index in [0.29, 0.717) is 22.9 Å². The van der Waals surface area contributed by atoms with Gasteiger partial charge in [-0.1, -0.05) is 11.6 Å². The highest BCUT2D eigenvalue weighted by atomic mass is 35.5. The Kier molecular flexibility index (Phi) is 7.90. The molecule has 0 unspecified atom stereocenters. The van der Waals surface area contributed by atoms with Gasteiger partial charge in [-0.05, 0) is 36.6 Å². The van der Waals surface area contributed by atoms with Crippen LogP contribution in [0.2, 0.25) is 5.02 Å². The van der Waals surface area contributed by atoms with Crippen molar-refractivity contribution < 1.29 is 19.1 Å². The predicted molar refractivity (Wildman–Crippen MR) is 89.0 cm³/mol. The average Bonchev–Trinajstić information content (AvgIpc) is 2.50. The van der Waals surface area contributed by atoms with Gasteiger partial charge in [0.2, 0.25) is 0 Å². The maximum Gasteiger partial charge on any atom is 0.328 e. The van der Waals surface area contributed by atoms with Gasteiger partial charge >= 0.3 is 12.0 Å². The Morgan fingerprint density at radius 1 is 1.36 bits per heavy atom. The van der Waals surface area contributed by atoms with E-state index in [1.165, 1.54) is 14.2 Å². The molecule has 0 aliphatic heterocycles. The summed E-state index contributed by atoms with van der Waals surface area (Å²) in [6.07, 6.45) is 2.42. The third-order valence-corrected chi connectivity index (χ3v) is 3.75. The number of anilines is 1. The Labute approximate surface area is 138 Å². The largest absolute Gasteiger partial charge is 0.495 e. The molecule has 0 fully saturated rings. The molecule has 1 aromatic carbocycles. The van der Waals surface area contributed by atoms with Gasteiger partial charge in [-0.2, -0.15) is 11.8 Å². The van der Waals surface area contributed by atoms with Crippen LogP contribution >= 0.6 is 23.4 Å². The highest BCUT2D eigenvalue weighted by Gasteiger charge is 2.21. The molecule has 0 saturated carbocycles. The van der Waals surface area contributed by atoms with Crippen molar-refractivity contribution >= 4 is 41.1 Å². The van der Waals surface area contributed by atoms with Crippen molar-refractivity contribution in [2.24, 2.45) is 0 Å². The Hall–Kier alpha value is -1.60. The number of halogens is 1. The van der Waals surface area contributed by atoms with Crippen LogP contribution in [0.5, 0.6) is 5.75 Å². The summed E-state index contributed by atoms with van der Waals surface area (Å²) in [6.45, 7) is 0. The minimum atomic E-state index is -0.689. The number of carbonyl (C=O) groups excluding carboxylic acids is 2. The summed E-state index contributed by atoms with van der Waals surface area (Å²) >= 11 is 7.57. The Morgan fingerprint density at radius 3 is 2.64 bits per heavy atom. The molecule has 0 spiro atoms. The normalized spacial score (nSPS) is 11.5. The van der Waals surface area contributed by atoms with E-state index in [2.05, 4.69) is 15.4 Å². The number of nitrogens with one attached hydrogen (secondary N) is 2. The summed E-state index contributed by atoms with van der Waals surface area (Å²) in [5.41, 5.74) is 0.497. The first-order valence-electron chi connectivity index (χ1n) is 6.49. The number of urea groups is 1. The number of ether oxygens (including phenoxy) is 2. The summed E-state index contributed by atoms with van der Waals surface area (Å²) in [4.78, 5) is 23.6. The first-order valence-corrected chi connectivity index (χ1v) is 8.26. The summed E-state index contributed by atoms with van der Waals surface area (Å²) in [5, 5.41) is 5.58. The number of hydrogen-bond acceptors (Lipinski definition) is 5. The monoisotopic (exact) mass is 346 g/mol. The van der Waals surface area contributed by atoms with Gasteiger partial charge in [-0.15, -0.1) is 0 Å². The summed E-state index contributed by atoms with van der Waals surface area (Å²) in [5.74, 6) is 0.769. The minimum Gasteiger partial charge on any atom is -0.495 e. The third kappa shape index (κ3) is 5.65. The summed E-state index contributed by atoms with van der Waals surface area (Å²) in [7, 11) is 2.80. The number of hydrogen-bond donors (Lipinski definition) is 2. The van der Waals surface area contributed by atoms with Crippen molar-refractivity contribution in [2.45, 2.75) is 12.5 Å². The van der Waals surface area contributed by atoms with Crippen molar-refractivity contribution in [1.29, 1.82) is 0 Å². The third-order valence-electron chi connectivity index (χ3n) is 2.81. The molecular weight excluding hydrogens is 328 g/mol. The average molecular weight is 347 g/mol. The zero-order valence-corrected chi connectivity index (χ0v) is 14.2. The molecule has 0 aliphatic carbocycles. The minimum absolute atomic E-state index is 0.382. The molecular formula is C14H19ClN2O4S. The van der Waals surface area contributed by atoms with E-state index in [0.717, 1.165) is 5.75 Å². The zero-order valence-electron chi connectivity index (χ0n) is 12.6. The number of methoxy groups -OCH3 is 2. The number of esters is 1. The number of rotatable bonds is 7. The lowest BCUT2D eigenvalue weighted by molar-refractivity contribution is -0.142. The van der Waals surface area contributed by atoms with E-state index in [9.17, 15) is 9.59 Å². The van der Waals surface area contributed by atoms with Crippen molar-refractivity contribution in [3.63, 3.8) is 0 Å². The SMILES string of the molecule is COC(=O)[C@@H](CCSC)NC(=O)Nc1ccc(OC)c(Cl)c1. The van der Waals surface area contributed by atoms with E-state index >= 15 is 0 Å². The van der Waals surface area contributed by atoms with Gasteiger partial charge in [0.1, 0.15) is 11.8 Å². The smallest absolute Gasteiger partial charge is 0.328 e. The quantitative estimate of drug-likeness (QED) is 0.742. The standard InChI is InChI=1S/C14H19ClN2O4S/c1-20-12-5-4-9(8-10(12)15)16-14(19)17-11(6-7-22-3)13(18)21-2/h4-5,8,11H,6-7H2,1-3H3,(H2,16,17,19)/t11-/m1/s1. The van der Waals surface area contributed by atoms with Crippen LogP contribution in [0, 0.1) is 0 Å². The second-order valence-corrected chi connectivity index (χ2v) is 5.70. The van der Waals surface area contributed by atoms with Crippen LogP contribution < -0.4 is 15.4 Å².